The number of aromatic nitrogens is 4. The van der Waals surface area contributed by atoms with Gasteiger partial charge in [-0.25, -0.2) is 23.9 Å². The molecule has 40 heavy (non-hydrogen) atoms. The topological polar surface area (TPSA) is 179 Å². The molecule has 1 unspecified atom stereocenters. The summed E-state index contributed by atoms with van der Waals surface area (Å²) >= 11 is 0. The van der Waals surface area contributed by atoms with Crippen molar-refractivity contribution in [3.8, 4) is 5.75 Å². The molecule has 4 heterocycles. The maximum atomic E-state index is 15.5. The molecular weight excluding hydrogens is 550 g/mol. The Labute approximate surface area is 228 Å². The second-order valence-electron chi connectivity index (χ2n) is 9.45. The quantitative estimate of drug-likeness (QED) is 0.256. The molecule has 1 saturated heterocycles. The number of aliphatic hydroxyl groups excluding tert-OH is 1. The summed E-state index contributed by atoms with van der Waals surface area (Å²) in [6.45, 7) is 1.42. The fourth-order valence-electron chi connectivity index (χ4n) is 4.37. The summed E-state index contributed by atoms with van der Waals surface area (Å²) in [6, 6.07) is 6.95. The van der Waals surface area contributed by atoms with E-state index in [2.05, 4.69) is 25.4 Å². The molecule has 1 aromatic carbocycles. The van der Waals surface area contributed by atoms with Crippen LogP contribution in [0.1, 0.15) is 32.4 Å². The van der Waals surface area contributed by atoms with Gasteiger partial charge in [0.1, 0.15) is 30.3 Å². The van der Waals surface area contributed by atoms with Crippen LogP contribution in [0.15, 0.2) is 43.0 Å². The van der Waals surface area contributed by atoms with Crippen molar-refractivity contribution in [3.05, 3.63) is 43.0 Å². The number of para-hydroxylation sites is 1. The molecule has 16 heteroatoms. The highest BCUT2D eigenvalue weighted by molar-refractivity contribution is 7.52. The van der Waals surface area contributed by atoms with Gasteiger partial charge in [0.05, 0.1) is 19.5 Å². The number of ether oxygens (including phenoxy) is 2. The summed E-state index contributed by atoms with van der Waals surface area (Å²) in [5, 5.41) is 26.9. The summed E-state index contributed by atoms with van der Waals surface area (Å²) < 4.78 is 52.5. The molecule has 6 atom stereocenters. The number of anilines is 1. The molecule has 6 bridgehead atoms. The number of fused-ring (bicyclic) bond motifs is 3. The van der Waals surface area contributed by atoms with Crippen molar-refractivity contribution < 1.29 is 42.5 Å². The predicted octanol–water partition coefficient (Wildman–Crippen LogP) is 2.06. The molecule has 0 saturated carbocycles. The highest BCUT2D eigenvalue weighted by Crippen LogP contribution is 2.47. The van der Waals surface area contributed by atoms with Crippen LogP contribution in [-0.2, 0) is 23.4 Å². The molecule has 14 nitrogen and oxygen atoms in total. The van der Waals surface area contributed by atoms with Gasteiger partial charge in [-0.2, -0.15) is 5.09 Å². The van der Waals surface area contributed by atoms with Crippen LogP contribution in [0.2, 0.25) is 0 Å². The van der Waals surface area contributed by atoms with Crippen LogP contribution in [0.5, 0.6) is 5.75 Å². The first-order valence-electron chi connectivity index (χ1n) is 12.8. The standard InChI is InChI=1S/C24H30FN6O8P/c1-15-22(33)36-11-7-3-6-10-26-20-18-21(28-13-27-20)31(14-29-18)23-24(25,34)19(32)17(38-23)12-37-40(35,30-15)39-16-8-4-2-5-9-16/h2,4-5,8-9,13-15,17,19,23,32,34H,3,6-7,10-12H2,1H3,(H,30,35)(H,26,27,28)/t15-,17-,19-,23-,24-,40?/m1/s1. The number of nitrogens with one attached hydrogen (secondary N) is 2. The average Bonchev–Trinajstić information content (AvgIpc) is 3.45. The number of carbonyl (C=O) groups is 1. The zero-order chi connectivity index (χ0) is 28.3. The van der Waals surface area contributed by atoms with Gasteiger partial charge in [-0.3, -0.25) is 13.9 Å². The van der Waals surface area contributed by atoms with E-state index in [4.69, 9.17) is 18.5 Å². The Morgan fingerprint density at radius 3 is 2.80 bits per heavy atom. The molecule has 3 aromatic rings. The van der Waals surface area contributed by atoms with E-state index in [0.717, 1.165) is 17.4 Å². The number of cyclic esters (lactones) is 1. The lowest BCUT2D eigenvalue weighted by Crippen LogP contribution is -2.43. The summed E-state index contributed by atoms with van der Waals surface area (Å²) in [7, 11) is -4.33. The molecular formula is C24H30FN6O8P. The number of alkyl halides is 1. The molecule has 0 spiro atoms. The number of halogens is 1. The third-order valence-corrected chi connectivity index (χ3v) is 8.11. The maximum absolute atomic E-state index is 15.5. The number of benzene rings is 1. The van der Waals surface area contributed by atoms with E-state index < -0.39 is 50.7 Å². The van der Waals surface area contributed by atoms with E-state index in [1.165, 1.54) is 31.7 Å². The Kier molecular flexibility index (Phi) is 8.31. The maximum Gasteiger partial charge on any atom is 0.459 e. The zero-order valence-electron chi connectivity index (χ0n) is 21.6. The van der Waals surface area contributed by atoms with Crippen molar-refractivity contribution in [1.82, 2.24) is 24.6 Å². The lowest BCUT2D eigenvalue weighted by atomic mass is 10.1. The Hall–Kier alpha value is -3.20. The Morgan fingerprint density at radius 1 is 1.20 bits per heavy atom. The van der Waals surface area contributed by atoms with E-state index in [0.29, 0.717) is 24.3 Å². The summed E-state index contributed by atoms with van der Waals surface area (Å²) in [4.78, 5) is 25.2. The first-order chi connectivity index (χ1) is 19.2. The van der Waals surface area contributed by atoms with Crippen molar-refractivity contribution in [2.24, 2.45) is 0 Å². The summed E-state index contributed by atoms with van der Waals surface area (Å²) in [5.74, 6) is -3.42. The fourth-order valence-corrected chi connectivity index (χ4v) is 5.87. The van der Waals surface area contributed by atoms with Crippen LogP contribution >= 0.6 is 7.75 Å². The number of nitrogens with zero attached hydrogens (tertiary/aromatic N) is 4. The van der Waals surface area contributed by atoms with Crippen LogP contribution < -0.4 is 14.9 Å². The molecule has 216 valence electrons. The molecule has 0 aliphatic carbocycles. The molecule has 1 fully saturated rings. The number of aliphatic hydroxyl groups is 2. The number of carbonyl (C=O) groups excluding carboxylic acids is 1. The highest BCUT2D eigenvalue weighted by atomic mass is 31.2. The minimum absolute atomic E-state index is 0.149. The Bertz CT molecular complexity index is 1380. The Morgan fingerprint density at radius 2 is 2.00 bits per heavy atom. The third kappa shape index (κ3) is 5.94. The molecule has 4 N–H and O–H groups in total. The van der Waals surface area contributed by atoms with Gasteiger partial charge in [-0.1, -0.05) is 18.2 Å². The number of hydrogen-bond donors (Lipinski definition) is 4. The van der Waals surface area contributed by atoms with Crippen LogP contribution in [-0.4, -0.2) is 79.6 Å². The number of esters is 1. The summed E-state index contributed by atoms with van der Waals surface area (Å²) in [6.07, 6.45) is -0.879. The lowest BCUT2D eigenvalue weighted by molar-refractivity contribution is -0.195. The molecule has 2 aliphatic heterocycles. The van der Waals surface area contributed by atoms with Crippen LogP contribution in [0, 0.1) is 0 Å². The van der Waals surface area contributed by atoms with Crippen molar-refractivity contribution in [3.63, 3.8) is 0 Å². The van der Waals surface area contributed by atoms with Crippen molar-refractivity contribution >= 4 is 30.7 Å². The lowest BCUT2D eigenvalue weighted by Gasteiger charge is -2.24. The predicted molar refractivity (Wildman–Crippen MR) is 138 cm³/mol. The number of imidazole rings is 1. The van der Waals surface area contributed by atoms with Crippen LogP contribution in [0.3, 0.4) is 0 Å². The second-order valence-corrected chi connectivity index (χ2v) is 11.1. The van der Waals surface area contributed by atoms with E-state index in [-0.39, 0.29) is 18.0 Å². The first kappa shape index (κ1) is 28.3. The van der Waals surface area contributed by atoms with Crippen molar-refractivity contribution in [2.75, 3.05) is 25.1 Å². The fraction of sp³-hybridized carbons (Fsp3) is 0.500. The van der Waals surface area contributed by atoms with Gasteiger partial charge in [-0.05, 0) is 38.3 Å². The summed E-state index contributed by atoms with van der Waals surface area (Å²) in [5.41, 5.74) is 0.459. The van der Waals surface area contributed by atoms with Crippen molar-refractivity contribution in [1.29, 1.82) is 0 Å². The normalized spacial score (nSPS) is 32.4. The monoisotopic (exact) mass is 580 g/mol. The number of rotatable bonds is 2. The molecule has 0 amide bonds. The molecule has 0 radical (unpaired) electrons. The van der Waals surface area contributed by atoms with Gasteiger partial charge < -0.3 is 29.5 Å². The van der Waals surface area contributed by atoms with Gasteiger partial charge in [-0.15, -0.1) is 0 Å². The third-order valence-electron chi connectivity index (χ3n) is 6.47. The van der Waals surface area contributed by atoms with E-state index >= 15 is 4.39 Å². The SMILES string of the molecule is C[C@H]1NP(=O)(Oc2ccccc2)OC[C@H]2O[C@@H](n3cnc4c(ncnc43)NCCCCCOC1=O)[C@@](O)(F)[C@@H]2O. The Balaban J connectivity index is 1.45. The minimum Gasteiger partial charge on any atom is -0.465 e. The molecule has 2 aromatic heterocycles. The number of hydrogen-bond acceptors (Lipinski definition) is 12. The van der Waals surface area contributed by atoms with Crippen LogP contribution in [0.4, 0.5) is 10.2 Å². The van der Waals surface area contributed by atoms with Gasteiger partial charge in [0.25, 0.3) is 5.85 Å². The van der Waals surface area contributed by atoms with E-state index in [1.54, 1.807) is 18.2 Å². The molecule has 5 rings (SSSR count). The van der Waals surface area contributed by atoms with E-state index in [1.807, 2.05) is 0 Å². The van der Waals surface area contributed by atoms with Crippen molar-refractivity contribution in [2.45, 2.75) is 56.5 Å². The van der Waals surface area contributed by atoms with Gasteiger partial charge in [0.2, 0.25) is 0 Å². The second kappa shape index (κ2) is 11.7. The first-order valence-corrected chi connectivity index (χ1v) is 14.3. The zero-order valence-corrected chi connectivity index (χ0v) is 22.4. The largest absolute Gasteiger partial charge is 0.465 e. The van der Waals surface area contributed by atoms with E-state index in [9.17, 15) is 19.6 Å². The smallest absolute Gasteiger partial charge is 0.459 e. The minimum atomic E-state index is -4.33. The van der Waals surface area contributed by atoms with Crippen LogP contribution in [0.25, 0.3) is 11.2 Å². The molecule has 2 aliphatic rings. The average molecular weight is 581 g/mol. The van der Waals surface area contributed by atoms with Gasteiger partial charge in [0, 0.05) is 6.54 Å². The van der Waals surface area contributed by atoms with Gasteiger partial charge in [0.15, 0.2) is 23.2 Å². The van der Waals surface area contributed by atoms with Gasteiger partial charge >= 0.3 is 13.7 Å². The highest BCUT2D eigenvalue weighted by Gasteiger charge is 2.58.